The molecule has 1 N–H and O–H groups in total. The van der Waals surface area contributed by atoms with E-state index in [1.807, 2.05) is 0 Å². The highest BCUT2D eigenvalue weighted by molar-refractivity contribution is 9.10. The minimum Gasteiger partial charge on any atom is -0.316 e. The molecule has 0 spiro atoms. The predicted molar refractivity (Wildman–Crippen MR) is 79.9 cm³/mol. The number of halogens is 2. The minimum absolute atomic E-state index is 0.260. The lowest BCUT2D eigenvalue weighted by molar-refractivity contribution is 0.627. The van der Waals surface area contributed by atoms with Gasteiger partial charge in [0.15, 0.2) is 0 Å². The quantitative estimate of drug-likeness (QED) is 0.813. The monoisotopic (exact) mass is 343 g/mol. The third-order valence-corrected chi connectivity index (χ3v) is 4.24. The van der Waals surface area contributed by atoms with Gasteiger partial charge in [0.1, 0.15) is 15.8 Å². The van der Waals surface area contributed by atoms with E-state index >= 15 is 0 Å². The van der Waals surface area contributed by atoms with Crippen molar-refractivity contribution < 1.29 is 4.39 Å². The normalized spacial score (nSPS) is 10.9. The van der Waals surface area contributed by atoms with Gasteiger partial charge in [0.2, 0.25) is 0 Å². The Bertz CT molecular complexity index is 544. The van der Waals surface area contributed by atoms with Gasteiger partial charge in [-0.1, -0.05) is 18.3 Å². The lowest BCUT2D eigenvalue weighted by Gasteiger charge is -1.99. The summed E-state index contributed by atoms with van der Waals surface area (Å²) in [5.74, 6) is -0.260. The fourth-order valence-electron chi connectivity index (χ4n) is 1.62. The molecule has 0 radical (unpaired) electrons. The van der Waals surface area contributed by atoms with Crippen molar-refractivity contribution in [3.8, 4) is 10.6 Å². The van der Waals surface area contributed by atoms with E-state index in [1.165, 1.54) is 12.1 Å². The van der Waals surface area contributed by atoms with E-state index in [0.29, 0.717) is 4.47 Å². The van der Waals surface area contributed by atoms with Crippen molar-refractivity contribution in [2.45, 2.75) is 19.8 Å². The van der Waals surface area contributed by atoms with E-state index in [1.54, 1.807) is 17.4 Å². The van der Waals surface area contributed by atoms with Gasteiger partial charge in [-0.05, 0) is 47.1 Å². The molecule has 3 nitrogen and oxygen atoms in total. The van der Waals surface area contributed by atoms with Crippen LogP contribution < -0.4 is 5.32 Å². The minimum atomic E-state index is -0.260. The van der Waals surface area contributed by atoms with Crippen LogP contribution in [0.15, 0.2) is 22.7 Å². The van der Waals surface area contributed by atoms with Crippen LogP contribution in [0.25, 0.3) is 10.6 Å². The molecule has 0 saturated heterocycles. The average molecular weight is 344 g/mol. The van der Waals surface area contributed by atoms with Crippen LogP contribution in [0, 0.1) is 5.82 Å². The lowest BCUT2D eigenvalue weighted by atomic mass is 10.2. The number of hydrogen-bond acceptors (Lipinski definition) is 4. The van der Waals surface area contributed by atoms with Crippen LogP contribution in [0.3, 0.4) is 0 Å². The summed E-state index contributed by atoms with van der Waals surface area (Å²) in [5, 5.41) is 13.5. The SMILES string of the molecule is CCCNCCc1nnc(-c2ccc(F)cc2Br)s1. The van der Waals surface area contributed by atoms with Gasteiger partial charge in [0.25, 0.3) is 0 Å². The molecule has 0 amide bonds. The van der Waals surface area contributed by atoms with E-state index in [2.05, 4.69) is 38.4 Å². The number of benzene rings is 1. The van der Waals surface area contributed by atoms with Crippen molar-refractivity contribution in [1.82, 2.24) is 15.5 Å². The highest BCUT2D eigenvalue weighted by Crippen LogP contribution is 2.31. The molecule has 0 aliphatic heterocycles. The molecular formula is C13H15BrFN3S. The first-order valence-electron chi connectivity index (χ1n) is 6.19. The van der Waals surface area contributed by atoms with E-state index < -0.39 is 0 Å². The Morgan fingerprint density at radius 1 is 1.32 bits per heavy atom. The van der Waals surface area contributed by atoms with Gasteiger partial charge < -0.3 is 5.32 Å². The van der Waals surface area contributed by atoms with Crippen LogP contribution in [0.5, 0.6) is 0 Å². The molecule has 0 unspecified atom stereocenters. The van der Waals surface area contributed by atoms with Gasteiger partial charge in [-0.3, -0.25) is 0 Å². The van der Waals surface area contributed by atoms with Crippen molar-refractivity contribution in [2.75, 3.05) is 13.1 Å². The zero-order valence-corrected chi connectivity index (χ0v) is 13.0. The van der Waals surface area contributed by atoms with Gasteiger partial charge in [-0.25, -0.2) is 4.39 Å². The average Bonchev–Trinajstić information content (AvgIpc) is 2.83. The molecule has 1 aromatic heterocycles. The van der Waals surface area contributed by atoms with Crippen molar-refractivity contribution >= 4 is 27.3 Å². The smallest absolute Gasteiger partial charge is 0.148 e. The molecule has 0 bridgehead atoms. The summed E-state index contributed by atoms with van der Waals surface area (Å²) >= 11 is 4.90. The summed E-state index contributed by atoms with van der Waals surface area (Å²) in [7, 11) is 0. The van der Waals surface area contributed by atoms with Gasteiger partial charge in [-0.2, -0.15) is 0 Å². The first-order valence-corrected chi connectivity index (χ1v) is 7.80. The Labute approximate surface area is 124 Å². The summed E-state index contributed by atoms with van der Waals surface area (Å²) in [6, 6.07) is 4.60. The summed E-state index contributed by atoms with van der Waals surface area (Å²) < 4.78 is 13.7. The zero-order chi connectivity index (χ0) is 13.7. The highest BCUT2D eigenvalue weighted by Gasteiger charge is 2.10. The molecule has 0 fully saturated rings. The number of hydrogen-bond donors (Lipinski definition) is 1. The predicted octanol–water partition coefficient (Wildman–Crippen LogP) is 3.65. The number of nitrogens with zero attached hydrogens (tertiary/aromatic N) is 2. The molecule has 19 heavy (non-hydrogen) atoms. The fourth-order valence-corrected chi connectivity index (χ4v) is 3.17. The third-order valence-electron chi connectivity index (χ3n) is 2.57. The van der Waals surface area contributed by atoms with Crippen LogP contribution in [-0.2, 0) is 6.42 Å². The topological polar surface area (TPSA) is 37.8 Å². The Hall–Kier alpha value is -0.850. The molecule has 2 rings (SSSR count). The zero-order valence-electron chi connectivity index (χ0n) is 10.6. The molecule has 6 heteroatoms. The van der Waals surface area contributed by atoms with Crippen LogP contribution in [0.2, 0.25) is 0 Å². The molecule has 0 atom stereocenters. The molecule has 102 valence electrons. The second-order valence-electron chi connectivity index (χ2n) is 4.13. The molecular weight excluding hydrogens is 329 g/mol. The maximum absolute atomic E-state index is 13.0. The fraction of sp³-hybridized carbons (Fsp3) is 0.385. The molecule has 0 saturated carbocycles. The summed E-state index contributed by atoms with van der Waals surface area (Å²) in [6.07, 6.45) is 2.00. The number of aromatic nitrogens is 2. The third kappa shape index (κ3) is 4.06. The maximum atomic E-state index is 13.0. The first kappa shape index (κ1) is 14.6. The van der Waals surface area contributed by atoms with Gasteiger partial charge in [-0.15, -0.1) is 10.2 Å². The van der Waals surface area contributed by atoms with Crippen molar-refractivity contribution in [2.24, 2.45) is 0 Å². The molecule has 0 aliphatic rings. The van der Waals surface area contributed by atoms with Crippen molar-refractivity contribution in [1.29, 1.82) is 0 Å². The second kappa shape index (κ2) is 7.07. The Kier molecular flexibility index (Phi) is 5.42. The van der Waals surface area contributed by atoms with Crippen LogP contribution in [0.4, 0.5) is 4.39 Å². The van der Waals surface area contributed by atoms with E-state index in [-0.39, 0.29) is 5.82 Å². The molecule has 0 aliphatic carbocycles. The second-order valence-corrected chi connectivity index (χ2v) is 6.04. The van der Waals surface area contributed by atoms with Crippen LogP contribution in [-0.4, -0.2) is 23.3 Å². The summed E-state index contributed by atoms with van der Waals surface area (Å²) in [5.41, 5.74) is 0.881. The van der Waals surface area contributed by atoms with Crippen LogP contribution >= 0.6 is 27.3 Å². The Morgan fingerprint density at radius 2 is 2.16 bits per heavy atom. The van der Waals surface area contributed by atoms with Crippen molar-refractivity contribution in [3.63, 3.8) is 0 Å². The number of rotatable bonds is 6. The van der Waals surface area contributed by atoms with E-state index in [4.69, 9.17) is 0 Å². The Morgan fingerprint density at radius 3 is 2.89 bits per heavy atom. The standard InChI is InChI=1S/C13H15BrFN3S/c1-2-6-16-7-5-12-17-18-13(19-12)10-4-3-9(15)8-11(10)14/h3-4,8,16H,2,5-7H2,1H3. The van der Waals surface area contributed by atoms with Gasteiger partial charge in [0.05, 0.1) is 0 Å². The first-order chi connectivity index (χ1) is 9.20. The maximum Gasteiger partial charge on any atom is 0.148 e. The van der Waals surface area contributed by atoms with Gasteiger partial charge >= 0.3 is 0 Å². The van der Waals surface area contributed by atoms with Crippen LogP contribution in [0.1, 0.15) is 18.4 Å². The largest absolute Gasteiger partial charge is 0.316 e. The summed E-state index contributed by atoms with van der Waals surface area (Å²) in [4.78, 5) is 0. The molecule has 1 heterocycles. The highest BCUT2D eigenvalue weighted by atomic mass is 79.9. The molecule has 1 aromatic carbocycles. The molecule has 2 aromatic rings. The number of nitrogens with one attached hydrogen (secondary N) is 1. The lowest BCUT2D eigenvalue weighted by Crippen LogP contribution is -2.17. The van der Waals surface area contributed by atoms with E-state index in [0.717, 1.165) is 41.5 Å². The van der Waals surface area contributed by atoms with E-state index in [9.17, 15) is 4.39 Å². The Balaban J connectivity index is 2.04. The summed E-state index contributed by atoms with van der Waals surface area (Å²) in [6.45, 7) is 4.07. The van der Waals surface area contributed by atoms with Crippen molar-refractivity contribution in [3.05, 3.63) is 33.5 Å². The van der Waals surface area contributed by atoms with Gasteiger partial charge in [0, 0.05) is 23.0 Å².